The van der Waals surface area contributed by atoms with Crippen molar-refractivity contribution < 1.29 is 23.4 Å². The number of ether oxygens (including phenoxy) is 1. The summed E-state index contributed by atoms with van der Waals surface area (Å²) in [5, 5.41) is 13.2. The van der Waals surface area contributed by atoms with Crippen molar-refractivity contribution in [3.63, 3.8) is 0 Å². The SMILES string of the molecule is COCCN(CCO)C(=O)c1cc(C)n(-c2ccc(F)cc2F)n1. The molecule has 0 aliphatic rings. The first kappa shape index (κ1) is 18.0. The quantitative estimate of drug-likeness (QED) is 0.831. The van der Waals surface area contributed by atoms with E-state index in [2.05, 4.69) is 5.10 Å². The molecule has 1 aromatic carbocycles. The fourth-order valence-electron chi connectivity index (χ4n) is 2.27. The summed E-state index contributed by atoms with van der Waals surface area (Å²) in [6, 6.07) is 4.66. The molecule has 0 atom stereocenters. The minimum Gasteiger partial charge on any atom is -0.395 e. The predicted molar refractivity (Wildman–Crippen MR) is 83.1 cm³/mol. The number of methoxy groups -OCH3 is 1. The Kier molecular flexibility index (Phi) is 5.99. The molecule has 0 radical (unpaired) electrons. The summed E-state index contributed by atoms with van der Waals surface area (Å²) in [6.45, 7) is 2.23. The Balaban J connectivity index is 2.31. The van der Waals surface area contributed by atoms with E-state index < -0.39 is 17.5 Å². The molecule has 2 rings (SSSR count). The fourth-order valence-corrected chi connectivity index (χ4v) is 2.27. The molecule has 0 aliphatic heterocycles. The van der Waals surface area contributed by atoms with Crippen LogP contribution in [0.5, 0.6) is 0 Å². The van der Waals surface area contributed by atoms with Crippen LogP contribution in [-0.4, -0.2) is 59.1 Å². The molecular weight excluding hydrogens is 320 g/mol. The molecule has 0 saturated carbocycles. The molecule has 0 unspecified atom stereocenters. The van der Waals surface area contributed by atoms with Crippen LogP contribution in [0, 0.1) is 18.6 Å². The molecule has 24 heavy (non-hydrogen) atoms. The van der Waals surface area contributed by atoms with E-state index in [-0.39, 0.29) is 24.5 Å². The molecule has 0 saturated heterocycles. The number of aliphatic hydroxyl groups is 1. The summed E-state index contributed by atoms with van der Waals surface area (Å²) in [7, 11) is 1.51. The van der Waals surface area contributed by atoms with Gasteiger partial charge in [0.25, 0.3) is 5.91 Å². The molecule has 1 N–H and O–H groups in total. The van der Waals surface area contributed by atoms with E-state index >= 15 is 0 Å². The van der Waals surface area contributed by atoms with Crippen molar-refractivity contribution in [3.05, 3.63) is 47.3 Å². The molecule has 8 heteroatoms. The van der Waals surface area contributed by atoms with Crippen LogP contribution in [0.4, 0.5) is 8.78 Å². The van der Waals surface area contributed by atoms with Gasteiger partial charge in [-0.2, -0.15) is 5.10 Å². The van der Waals surface area contributed by atoms with Crippen molar-refractivity contribution in [2.75, 3.05) is 33.4 Å². The second kappa shape index (κ2) is 7.98. The summed E-state index contributed by atoms with van der Waals surface area (Å²) < 4.78 is 33.2. The summed E-state index contributed by atoms with van der Waals surface area (Å²) in [5.41, 5.74) is 0.693. The molecule has 1 heterocycles. The number of hydrogen-bond donors (Lipinski definition) is 1. The number of nitrogens with zero attached hydrogens (tertiary/aromatic N) is 3. The van der Waals surface area contributed by atoms with Gasteiger partial charge in [-0.25, -0.2) is 13.5 Å². The summed E-state index contributed by atoms with van der Waals surface area (Å²) in [6.07, 6.45) is 0. The second-order valence-electron chi connectivity index (χ2n) is 5.19. The minimum atomic E-state index is -0.771. The Morgan fingerprint density at radius 3 is 2.71 bits per heavy atom. The molecule has 6 nitrogen and oxygen atoms in total. The number of benzene rings is 1. The number of hydrogen-bond acceptors (Lipinski definition) is 4. The topological polar surface area (TPSA) is 67.6 Å². The van der Waals surface area contributed by atoms with Gasteiger partial charge in [-0.1, -0.05) is 0 Å². The van der Waals surface area contributed by atoms with Crippen molar-refractivity contribution in [1.29, 1.82) is 0 Å². The van der Waals surface area contributed by atoms with Crippen LogP contribution in [0.2, 0.25) is 0 Å². The van der Waals surface area contributed by atoms with Gasteiger partial charge in [-0.15, -0.1) is 0 Å². The zero-order valence-corrected chi connectivity index (χ0v) is 13.5. The van der Waals surface area contributed by atoms with E-state index in [1.54, 1.807) is 6.92 Å². The number of halogens is 2. The lowest BCUT2D eigenvalue weighted by atomic mass is 10.3. The molecular formula is C16H19F2N3O3. The van der Waals surface area contributed by atoms with E-state index in [0.29, 0.717) is 18.8 Å². The van der Waals surface area contributed by atoms with Gasteiger partial charge in [0.15, 0.2) is 11.5 Å². The van der Waals surface area contributed by atoms with Gasteiger partial charge >= 0.3 is 0 Å². The second-order valence-corrected chi connectivity index (χ2v) is 5.19. The van der Waals surface area contributed by atoms with Crippen LogP contribution in [0.15, 0.2) is 24.3 Å². The first-order valence-electron chi connectivity index (χ1n) is 7.39. The number of carbonyl (C=O) groups excluding carboxylic acids is 1. The van der Waals surface area contributed by atoms with E-state index in [0.717, 1.165) is 12.1 Å². The average molecular weight is 339 g/mol. The molecule has 1 amide bonds. The van der Waals surface area contributed by atoms with Crippen molar-refractivity contribution in [1.82, 2.24) is 14.7 Å². The number of rotatable bonds is 7. The number of carbonyl (C=O) groups is 1. The van der Waals surface area contributed by atoms with Crippen molar-refractivity contribution in [2.24, 2.45) is 0 Å². The van der Waals surface area contributed by atoms with Gasteiger partial charge in [-0.3, -0.25) is 4.79 Å². The van der Waals surface area contributed by atoms with Gasteiger partial charge in [-0.05, 0) is 25.1 Å². The van der Waals surface area contributed by atoms with E-state index in [1.807, 2.05) is 0 Å². The molecule has 1 aromatic heterocycles. The highest BCUT2D eigenvalue weighted by molar-refractivity contribution is 5.92. The van der Waals surface area contributed by atoms with Crippen molar-refractivity contribution in [3.8, 4) is 5.69 Å². The highest BCUT2D eigenvalue weighted by atomic mass is 19.1. The minimum absolute atomic E-state index is 0.0542. The summed E-state index contributed by atoms with van der Waals surface area (Å²) >= 11 is 0. The first-order chi connectivity index (χ1) is 11.5. The Labute approximate surface area is 138 Å². The van der Waals surface area contributed by atoms with Crippen LogP contribution in [0.3, 0.4) is 0 Å². The van der Waals surface area contributed by atoms with E-state index in [9.17, 15) is 13.6 Å². The zero-order chi connectivity index (χ0) is 17.7. The maximum Gasteiger partial charge on any atom is 0.274 e. The maximum atomic E-state index is 13.9. The van der Waals surface area contributed by atoms with Crippen LogP contribution in [0.1, 0.15) is 16.2 Å². The zero-order valence-electron chi connectivity index (χ0n) is 13.5. The van der Waals surface area contributed by atoms with E-state index in [4.69, 9.17) is 9.84 Å². The number of aliphatic hydroxyl groups excluding tert-OH is 1. The van der Waals surface area contributed by atoms with E-state index in [1.165, 1.54) is 28.8 Å². The Hall–Kier alpha value is -2.32. The first-order valence-corrected chi connectivity index (χ1v) is 7.39. The van der Waals surface area contributed by atoms with Crippen molar-refractivity contribution >= 4 is 5.91 Å². The molecule has 0 bridgehead atoms. The Morgan fingerprint density at radius 1 is 1.33 bits per heavy atom. The summed E-state index contributed by atoms with van der Waals surface area (Å²) in [4.78, 5) is 13.9. The smallest absolute Gasteiger partial charge is 0.274 e. The predicted octanol–water partition coefficient (Wildman–Crippen LogP) is 1.54. The normalized spacial score (nSPS) is 10.9. The number of amides is 1. The third-order valence-electron chi connectivity index (χ3n) is 3.47. The van der Waals surface area contributed by atoms with Crippen LogP contribution < -0.4 is 0 Å². The van der Waals surface area contributed by atoms with Gasteiger partial charge < -0.3 is 14.7 Å². The Bertz CT molecular complexity index is 719. The van der Waals surface area contributed by atoms with Crippen LogP contribution in [0.25, 0.3) is 5.69 Å². The molecule has 0 fully saturated rings. The third kappa shape index (κ3) is 3.95. The number of aromatic nitrogens is 2. The largest absolute Gasteiger partial charge is 0.395 e. The molecule has 130 valence electrons. The van der Waals surface area contributed by atoms with Gasteiger partial charge in [0.2, 0.25) is 0 Å². The molecule has 0 aliphatic carbocycles. The van der Waals surface area contributed by atoms with Crippen LogP contribution in [-0.2, 0) is 4.74 Å². The van der Waals surface area contributed by atoms with Gasteiger partial charge in [0, 0.05) is 32.0 Å². The highest BCUT2D eigenvalue weighted by Gasteiger charge is 2.20. The standard InChI is InChI=1S/C16H19F2N3O3/c1-11-9-14(16(23)20(5-7-22)6-8-24-2)19-21(11)15-4-3-12(17)10-13(15)18/h3-4,9-10,22H,5-8H2,1-2H3. The maximum absolute atomic E-state index is 13.9. The monoisotopic (exact) mass is 339 g/mol. The van der Waals surface area contributed by atoms with Crippen LogP contribution >= 0.6 is 0 Å². The summed E-state index contributed by atoms with van der Waals surface area (Å²) in [5.74, 6) is -1.86. The molecule has 0 spiro atoms. The van der Waals surface area contributed by atoms with Gasteiger partial charge in [0.05, 0.1) is 13.2 Å². The Morgan fingerprint density at radius 2 is 2.08 bits per heavy atom. The molecule has 2 aromatic rings. The highest BCUT2D eigenvalue weighted by Crippen LogP contribution is 2.17. The lowest BCUT2D eigenvalue weighted by molar-refractivity contribution is 0.0650. The fraction of sp³-hybridized carbons (Fsp3) is 0.375. The van der Waals surface area contributed by atoms with Gasteiger partial charge in [0.1, 0.15) is 11.5 Å². The average Bonchev–Trinajstić information content (AvgIpc) is 2.92. The lowest BCUT2D eigenvalue weighted by Crippen LogP contribution is -2.36. The lowest BCUT2D eigenvalue weighted by Gasteiger charge is -2.20. The third-order valence-corrected chi connectivity index (χ3v) is 3.47. The number of aryl methyl sites for hydroxylation is 1. The van der Waals surface area contributed by atoms with Crippen molar-refractivity contribution in [2.45, 2.75) is 6.92 Å².